The SMILES string of the molecule is CCCc1nc(CC(C)(C)C)nc2c1CCNC2. The molecule has 2 heterocycles. The smallest absolute Gasteiger partial charge is 0.129 e. The van der Waals surface area contributed by atoms with E-state index < -0.39 is 0 Å². The summed E-state index contributed by atoms with van der Waals surface area (Å²) in [6.45, 7) is 10.9. The first-order valence-electron chi connectivity index (χ1n) is 7.08. The van der Waals surface area contributed by atoms with E-state index in [4.69, 9.17) is 9.97 Å². The van der Waals surface area contributed by atoms with Crippen molar-refractivity contribution in [2.24, 2.45) is 5.41 Å². The maximum Gasteiger partial charge on any atom is 0.129 e. The molecule has 3 nitrogen and oxygen atoms in total. The van der Waals surface area contributed by atoms with Crippen molar-refractivity contribution in [3.05, 3.63) is 22.8 Å². The Kier molecular flexibility index (Phi) is 4.00. The van der Waals surface area contributed by atoms with E-state index in [0.29, 0.717) is 0 Å². The molecular formula is C15H25N3. The van der Waals surface area contributed by atoms with Crippen molar-refractivity contribution < 1.29 is 0 Å². The van der Waals surface area contributed by atoms with Gasteiger partial charge in [-0.15, -0.1) is 0 Å². The second kappa shape index (κ2) is 5.35. The Bertz CT molecular complexity index is 418. The molecule has 0 saturated carbocycles. The first-order chi connectivity index (χ1) is 8.49. The molecule has 2 rings (SSSR count). The molecule has 0 fully saturated rings. The van der Waals surface area contributed by atoms with Crippen LogP contribution in [0.15, 0.2) is 0 Å². The Morgan fingerprint density at radius 2 is 2.00 bits per heavy atom. The summed E-state index contributed by atoms with van der Waals surface area (Å²) in [5, 5.41) is 3.41. The van der Waals surface area contributed by atoms with Gasteiger partial charge in [0, 0.05) is 18.7 Å². The van der Waals surface area contributed by atoms with Gasteiger partial charge in [0.15, 0.2) is 0 Å². The Balaban J connectivity index is 2.35. The van der Waals surface area contributed by atoms with Crippen LogP contribution in [-0.4, -0.2) is 16.5 Å². The Morgan fingerprint density at radius 3 is 2.67 bits per heavy atom. The van der Waals surface area contributed by atoms with Crippen LogP contribution in [0.25, 0.3) is 0 Å². The zero-order valence-corrected chi connectivity index (χ0v) is 12.1. The Hall–Kier alpha value is -0.960. The van der Waals surface area contributed by atoms with Gasteiger partial charge in [-0.1, -0.05) is 34.1 Å². The van der Waals surface area contributed by atoms with Crippen LogP contribution in [0.1, 0.15) is 56.9 Å². The van der Waals surface area contributed by atoms with Crippen LogP contribution >= 0.6 is 0 Å². The lowest BCUT2D eigenvalue weighted by Gasteiger charge is -2.22. The van der Waals surface area contributed by atoms with Gasteiger partial charge in [0.2, 0.25) is 0 Å². The fourth-order valence-electron chi connectivity index (χ4n) is 2.49. The molecule has 100 valence electrons. The van der Waals surface area contributed by atoms with Crippen LogP contribution in [0.5, 0.6) is 0 Å². The van der Waals surface area contributed by atoms with Gasteiger partial charge in [-0.05, 0) is 30.4 Å². The van der Waals surface area contributed by atoms with Crippen LogP contribution in [0.2, 0.25) is 0 Å². The lowest BCUT2D eigenvalue weighted by atomic mass is 9.91. The molecule has 0 amide bonds. The van der Waals surface area contributed by atoms with Crippen LogP contribution < -0.4 is 5.32 Å². The number of aryl methyl sites for hydroxylation is 1. The summed E-state index contributed by atoms with van der Waals surface area (Å²) in [4.78, 5) is 9.59. The predicted molar refractivity (Wildman–Crippen MR) is 74.6 cm³/mol. The van der Waals surface area contributed by atoms with E-state index in [-0.39, 0.29) is 5.41 Å². The number of aromatic nitrogens is 2. The van der Waals surface area contributed by atoms with Crippen molar-refractivity contribution in [3.8, 4) is 0 Å². The molecule has 1 aliphatic heterocycles. The van der Waals surface area contributed by atoms with Crippen molar-refractivity contribution in [1.82, 2.24) is 15.3 Å². The normalized spacial score (nSPS) is 15.6. The highest BCUT2D eigenvalue weighted by Crippen LogP contribution is 2.22. The van der Waals surface area contributed by atoms with E-state index in [1.165, 1.54) is 17.0 Å². The zero-order valence-electron chi connectivity index (χ0n) is 12.1. The summed E-state index contributed by atoms with van der Waals surface area (Å²) in [6, 6.07) is 0. The van der Waals surface area contributed by atoms with Gasteiger partial charge in [0.05, 0.1) is 5.69 Å². The van der Waals surface area contributed by atoms with Crippen molar-refractivity contribution in [3.63, 3.8) is 0 Å². The zero-order chi connectivity index (χ0) is 13.2. The molecule has 1 aliphatic rings. The second-order valence-electron chi connectivity index (χ2n) is 6.43. The van der Waals surface area contributed by atoms with E-state index in [2.05, 4.69) is 33.0 Å². The highest BCUT2D eigenvalue weighted by molar-refractivity contribution is 5.28. The number of rotatable bonds is 3. The monoisotopic (exact) mass is 247 g/mol. The standard InChI is InChI=1S/C15H25N3/c1-5-6-12-11-7-8-16-10-13(11)18-14(17-12)9-15(2,3)4/h16H,5-10H2,1-4H3. The summed E-state index contributed by atoms with van der Waals surface area (Å²) in [7, 11) is 0. The lowest BCUT2D eigenvalue weighted by Crippen LogP contribution is -2.28. The molecule has 0 radical (unpaired) electrons. The Labute approximate surface area is 110 Å². The number of hydrogen-bond donors (Lipinski definition) is 1. The second-order valence-corrected chi connectivity index (χ2v) is 6.43. The van der Waals surface area contributed by atoms with E-state index >= 15 is 0 Å². The molecule has 0 spiro atoms. The average molecular weight is 247 g/mol. The summed E-state index contributed by atoms with van der Waals surface area (Å²) in [5.74, 6) is 1.02. The van der Waals surface area contributed by atoms with Crippen molar-refractivity contribution in [2.75, 3.05) is 6.54 Å². The first kappa shape index (κ1) is 13.5. The predicted octanol–water partition coefficient (Wildman–Crippen LogP) is 2.66. The van der Waals surface area contributed by atoms with Gasteiger partial charge in [-0.2, -0.15) is 0 Å². The molecule has 1 N–H and O–H groups in total. The third-order valence-electron chi connectivity index (χ3n) is 3.24. The summed E-state index contributed by atoms with van der Waals surface area (Å²) in [5.41, 5.74) is 4.19. The first-order valence-corrected chi connectivity index (χ1v) is 7.08. The van der Waals surface area contributed by atoms with Crippen LogP contribution in [0.3, 0.4) is 0 Å². The highest BCUT2D eigenvalue weighted by Gasteiger charge is 2.19. The number of fused-ring (bicyclic) bond motifs is 1. The topological polar surface area (TPSA) is 37.8 Å². The molecule has 0 atom stereocenters. The van der Waals surface area contributed by atoms with Crippen LogP contribution in [0.4, 0.5) is 0 Å². The molecule has 0 aromatic carbocycles. The van der Waals surface area contributed by atoms with E-state index in [1.807, 2.05) is 0 Å². The molecule has 0 unspecified atom stereocenters. The molecule has 0 saturated heterocycles. The molecule has 18 heavy (non-hydrogen) atoms. The summed E-state index contributed by atoms with van der Waals surface area (Å²) >= 11 is 0. The van der Waals surface area contributed by atoms with E-state index in [0.717, 1.165) is 44.6 Å². The molecule has 0 aliphatic carbocycles. The third-order valence-corrected chi connectivity index (χ3v) is 3.24. The van der Waals surface area contributed by atoms with Crippen molar-refractivity contribution in [1.29, 1.82) is 0 Å². The number of nitrogens with one attached hydrogen (secondary N) is 1. The highest BCUT2D eigenvalue weighted by atomic mass is 15.0. The fraction of sp³-hybridized carbons (Fsp3) is 0.733. The maximum atomic E-state index is 4.82. The third kappa shape index (κ3) is 3.29. The molecular weight excluding hydrogens is 222 g/mol. The van der Waals surface area contributed by atoms with Gasteiger partial charge < -0.3 is 5.32 Å². The molecule has 3 heteroatoms. The van der Waals surface area contributed by atoms with Gasteiger partial charge in [0.1, 0.15) is 5.82 Å². The summed E-state index contributed by atoms with van der Waals surface area (Å²) < 4.78 is 0. The lowest BCUT2D eigenvalue weighted by molar-refractivity contribution is 0.398. The van der Waals surface area contributed by atoms with E-state index in [1.54, 1.807) is 0 Å². The minimum atomic E-state index is 0.250. The van der Waals surface area contributed by atoms with Gasteiger partial charge in [-0.25, -0.2) is 9.97 Å². The minimum absolute atomic E-state index is 0.250. The van der Waals surface area contributed by atoms with Crippen LogP contribution in [0, 0.1) is 5.41 Å². The Morgan fingerprint density at radius 1 is 1.22 bits per heavy atom. The molecule has 0 bridgehead atoms. The maximum absolute atomic E-state index is 4.82. The summed E-state index contributed by atoms with van der Waals surface area (Å²) in [6.07, 6.45) is 4.28. The van der Waals surface area contributed by atoms with Crippen LogP contribution in [-0.2, 0) is 25.8 Å². The number of hydrogen-bond acceptors (Lipinski definition) is 3. The molecule has 1 aromatic rings. The largest absolute Gasteiger partial charge is 0.311 e. The van der Waals surface area contributed by atoms with Crippen molar-refractivity contribution in [2.45, 2.75) is 59.9 Å². The van der Waals surface area contributed by atoms with Gasteiger partial charge in [-0.3, -0.25) is 0 Å². The average Bonchev–Trinajstić information content (AvgIpc) is 2.27. The minimum Gasteiger partial charge on any atom is -0.311 e. The molecule has 1 aromatic heterocycles. The number of nitrogens with zero attached hydrogens (tertiary/aromatic N) is 2. The van der Waals surface area contributed by atoms with E-state index in [9.17, 15) is 0 Å². The van der Waals surface area contributed by atoms with Crippen molar-refractivity contribution >= 4 is 0 Å². The quantitative estimate of drug-likeness (QED) is 0.892. The van der Waals surface area contributed by atoms with Gasteiger partial charge >= 0.3 is 0 Å². The van der Waals surface area contributed by atoms with Gasteiger partial charge in [0.25, 0.3) is 0 Å². The fourth-order valence-corrected chi connectivity index (χ4v) is 2.49.